The van der Waals surface area contributed by atoms with E-state index < -0.39 is 0 Å². The first-order chi connectivity index (χ1) is 7.87. The van der Waals surface area contributed by atoms with Gasteiger partial charge in [-0.15, -0.1) is 0 Å². The Morgan fingerprint density at radius 1 is 1.29 bits per heavy atom. The van der Waals surface area contributed by atoms with E-state index in [1.807, 2.05) is 20.8 Å². The number of aryl methyl sites for hydroxylation is 2. The normalized spacial score (nSPS) is 11.3. The molecule has 94 valence electrons. The van der Waals surface area contributed by atoms with Gasteiger partial charge in [0.25, 0.3) is 0 Å². The second kappa shape index (κ2) is 5.85. The van der Waals surface area contributed by atoms with Crippen molar-refractivity contribution < 1.29 is 9.53 Å². The zero-order chi connectivity index (χ0) is 12.9. The summed E-state index contributed by atoms with van der Waals surface area (Å²) in [5.41, 5.74) is 2.17. The van der Waals surface area contributed by atoms with Crippen molar-refractivity contribution in [3.05, 3.63) is 35.4 Å². The lowest BCUT2D eigenvalue weighted by molar-refractivity contribution is -0.154. The van der Waals surface area contributed by atoms with Gasteiger partial charge in [0.1, 0.15) is 5.60 Å². The molecule has 0 N–H and O–H groups in total. The van der Waals surface area contributed by atoms with Gasteiger partial charge in [-0.2, -0.15) is 0 Å². The highest BCUT2D eigenvalue weighted by Gasteiger charge is 2.15. The molecule has 0 unspecified atom stereocenters. The molecule has 0 fully saturated rings. The van der Waals surface area contributed by atoms with Crippen molar-refractivity contribution in [1.82, 2.24) is 0 Å². The van der Waals surface area contributed by atoms with Crippen LogP contribution in [-0.2, 0) is 16.0 Å². The zero-order valence-corrected chi connectivity index (χ0v) is 11.2. The number of hydrogen-bond donors (Lipinski definition) is 0. The fourth-order valence-corrected chi connectivity index (χ4v) is 1.70. The van der Waals surface area contributed by atoms with Crippen LogP contribution in [0.2, 0.25) is 0 Å². The molecular weight excluding hydrogens is 212 g/mol. The Bertz CT molecular complexity index is 375. The van der Waals surface area contributed by atoms with E-state index in [1.54, 1.807) is 0 Å². The molecule has 0 amide bonds. The number of rotatable bonds is 4. The predicted molar refractivity (Wildman–Crippen MR) is 70.0 cm³/mol. The molecule has 0 bridgehead atoms. The second-order valence-corrected chi connectivity index (χ2v) is 5.43. The molecule has 0 heterocycles. The van der Waals surface area contributed by atoms with Crippen LogP contribution in [0.3, 0.4) is 0 Å². The SMILES string of the molecule is Cc1cccc(CCCC(=O)OC(C)(C)C)c1. The van der Waals surface area contributed by atoms with Gasteiger partial charge in [-0.1, -0.05) is 29.8 Å². The van der Waals surface area contributed by atoms with Crippen molar-refractivity contribution in [2.24, 2.45) is 0 Å². The maximum atomic E-state index is 11.5. The monoisotopic (exact) mass is 234 g/mol. The zero-order valence-electron chi connectivity index (χ0n) is 11.2. The molecule has 0 spiro atoms. The number of ether oxygens (including phenoxy) is 1. The van der Waals surface area contributed by atoms with Crippen LogP contribution >= 0.6 is 0 Å². The molecule has 1 rings (SSSR count). The molecular formula is C15H22O2. The molecule has 0 radical (unpaired) electrons. The fourth-order valence-electron chi connectivity index (χ4n) is 1.70. The van der Waals surface area contributed by atoms with Crippen LogP contribution < -0.4 is 0 Å². The first-order valence-corrected chi connectivity index (χ1v) is 6.14. The van der Waals surface area contributed by atoms with Crippen LogP contribution in [0.15, 0.2) is 24.3 Å². The predicted octanol–water partition coefficient (Wildman–Crippen LogP) is 3.66. The fraction of sp³-hybridized carbons (Fsp3) is 0.533. The summed E-state index contributed by atoms with van der Waals surface area (Å²) in [6.07, 6.45) is 2.27. The Labute approximate surface area is 104 Å². The van der Waals surface area contributed by atoms with Crippen molar-refractivity contribution in [3.63, 3.8) is 0 Å². The maximum Gasteiger partial charge on any atom is 0.306 e. The smallest absolute Gasteiger partial charge is 0.306 e. The van der Waals surface area contributed by atoms with Crippen molar-refractivity contribution in [1.29, 1.82) is 0 Å². The summed E-state index contributed by atoms with van der Waals surface area (Å²) in [5, 5.41) is 0. The minimum Gasteiger partial charge on any atom is -0.460 e. The van der Waals surface area contributed by atoms with Gasteiger partial charge in [0.05, 0.1) is 0 Å². The minimum absolute atomic E-state index is 0.106. The van der Waals surface area contributed by atoms with Gasteiger partial charge in [0.15, 0.2) is 0 Å². The van der Waals surface area contributed by atoms with Gasteiger partial charge in [0, 0.05) is 6.42 Å². The molecule has 17 heavy (non-hydrogen) atoms. The Morgan fingerprint density at radius 2 is 2.00 bits per heavy atom. The van der Waals surface area contributed by atoms with E-state index in [9.17, 15) is 4.79 Å². The van der Waals surface area contributed by atoms with Gasteiger partial charge in [0.2, 0.25) is 0 Å². The Kier molecular flexibility index (Phi) is 4.73. The third kappa shape index (κ3) is 6.10. The summed E-state index contributed by atoms with van der Waals surface area (Å²) in [4.78, 5) is 11.5. The lowest BCUT2D eigenvalue weighted by Crippen LogP contribution is -2.23. The number of esters is 1. The van der Waals surface area contributed by atoms with Crippen LogP contribution in [0.4, 0.5) is 0 Å². The van der Waals surface area contributed by atoms with Crippen LogP contribution in [0.1, 0.15) is 44.7 Å². The molecule has 0 saturated carbocycles. The van der Waals surface area contributed by atoms with E-state index in [-0.39, 0.29) is 11.6 Å². The molecule has 0 saturated heterocycles. The quantitative estimate of drug-likeness (QED) is 0.743. The van der Waals surface area contributed by atoms with Crippen LogP contribution in [0.5, 0.6) is 0 Å². The molecule has 0 aliphatic heterocycles. The summed E-state index contributed by atoms with van der Waals surface area (Å²) < 4.78 is 5.26. The van der Waals surface area contributed by atoms with E-state index in [0.717, 1.165) is 12.8 Å². The first-order valence-electron chi connectivity index (χ1n) is 6.14. The molecule has 2 heteroatoms. The number of benzene rings is 1. The third-order valence-corrected chi connectivity index (χ3v) is 2.35. The van der Waals surface area contributed by atoms with Crippen molar-refractivity contribution >= 4 is 5.97 Å². The van der Waals surface area contributed by atoms with Gasteiger partial charge in [-0.05, 0) is 46.1 Å². The summed E-state index contributed by atoms with van der Waals surface area (Å²) in [6, 6.07) is 8.40. The maximum absolute atomic E-state index is 11.5. The van der Waals surface area contributed by atoms with E-state index >= 15 is 0 Å². The van der Waals surface area contributed by atoms with Crippen molar-refractivity contribution in [2.45, 2.75) is 52.6 Å². The van der Waals surface area contributed by atoms with Gasteiger partial charge in [-0.25, -0.2) is 0 Å². The summed E-state index contributed by atoms with van der Waals surface area (Å²) in [5.74, 6) is -0.106. The highest BCUT2D eigenvalue weighted by molar-refractivity contribution is 5.69. The van der Waals surface area contributed by atoms with E-state index in [2.05, 4.69) is 31.2 Å². The van der Waals surface area contributed by atoms with Crippen LogP contribution in [-0.4, -0.2) is 11.6 Å². The molecule has 0 aliphatic rings. The minimum atomic E-state index is -0.375. The second-order valence-electron chi connectivity index (χ2n) is 5.43. The third-order valence-electron chi connectivity index (χ3n) is 2.35. The van der Waals surface area contributed by atoms with Crippen molar-refractivity contribution in [2.75, 3.05) is 0 Å². The Morgan fingerprint density at radius 3 is 2.59 bits per heavy atom. The summed E-state index contributed by atoms with van der Waals surface area (Å²) >= 11 is 0. The Hall–Kier alpha value is -1.31. The summed E-state index contributed by atoms with van der Waals surface area (Å²) in [6.45, 7) is 7.76. The lowest BCUT2D eigenvalue weighted by atomic mass is 10.1. The number of carbonyl (C=O) groups excluding carboxylic acids is 1. The van der Waals surface area contributed by atoms with Crippen LogP contribution in [0, 0.1) is 6.92 Å². The average Bonchev–Trinajstić information content (AvgIpc) is 2.14. The average molecular weight is 234 g/mol. The Balaban J connectivity index is 2.31. The van der Waals surface area contributed by atoms with Crippen LogP contribution in [0.25, 0.3) is 0 Å². The van der Waals surface area contributed by atoms with Gasteiger partial charge < -0.3 is 4.74 Å². The standard InChI is InChI=1S/C15H22O2/c1-12-7-5-8-13(11-12)9-6-10-14(16)17-15(2,3)4/h5,7-8,11H,6,9-10H2,1-4H3. The highest BCUT2D eigenvalue weighted by Crippen LogP contribution is 2.11. The molecule has 1 aromatic carbocycles. The number of hydrogen-bond acceptors (Lipinski definition) is 2. The molecule has 0 atom stereocenters. The van der Waals surface area contributed by atoms with E-state index in [4.69, 9.17) is 4.74 Å². The van der Waals surface area contributed by atoms with Crippen molar-refractivity contribution in [3.8, 4) is 0 Å². The highest BCUT2D eigenvalue weighted by atomic mass is 16.6. The topological polar surface area (TPSA) is 26.3 Å². The number of carbonyl (C=O) groups is 1. The van der Waals surface area contributed by atoms with Gasteiger partial charge >= 0.3 is 5.97 Å². The largest absolute Gasteiger partial charge is 0.460 e. The first kappa shape index (κ1) is 13.8. The molecule has 1 aromatic rings. The molecule has 0 aromatic heterocycles. The summed E-state index contributed by atoms with van der Waals surface area (Å²) in [7, 11) is 0. The van der Waals surface area contributed by atoms with E-state index in [0.29, 0.717) is 6.42 Å². The molecule has 0 aliphatic carbocycles. The molecule has 2 nitrogen and oxygen atoms in total. The van der Waals surface area contributed by atoms with E-state index in [1.165, 1.54) is 11.1 Å². The lowest BCUT2D eigenvalue weighted by Gasteiger charge is -2.19. The van der Waals surface area contributed by atoms with Gasteiger partial charge in [-0.3, -0.25) is 4.79 Å².